The van der Waals surface area contributed by atoms with Crippen LogP contribution in [-0.2, 0) is 22.4 Å². The molecular weight excluding hydrogens is 707 g/mol. The van der Waals surface area contributed by atoms with Crippen molar-refractivity contribution in [1.82, 2.24) is 5.32 Å². The lowest BCUT2D eigenvalue weighted by atomic mass is 9.55. The zero-order chi connectivity index (χ0) is 37.4. The summed E-state index contributed by atoms with van der Waals surface area (Å²) in [5.74, 6) is -0.394. The second-order valence-electron chi connectivity index (χ2n) is 13.9. The van der Waals surface area contributed by atoms with Crippen LogP contribution in [-0.4, -0.2) is 61.7 Å². The van der Waals surface area contributed by atoms with Gasteiger partial charge in [0.05, 0.1) is 12.7 Å². The topological polar surface area (TPSA) is 60.0 Å². The van der Waals surface area contributed by atoms with Crippen molar-refractivity contribution in [3.63, 3.8) is 0 Å². The fourth-order valence-electron chi connectivity index (χ4n) is 8.45. The van der Waals surface area contributed by atoms with E-state index in [0.717, 1.165) is 48.9 Å². The van der Waals surface area contributed by atoms with Gasteiger partial charge in [-0.2, -0.15) is 39.5 Å². The molecule has 51 heavy (non-hydrogen) atoms. The average Bonchev–Trinajstić information content (AvgIpc) is 3.35. The molecule has 3 aliphatic rings. The molecule has 5 atom stereocenters. The molecule has 0 saturated heterocycles. The lowest BCUT2D eigenvalue weighted by Crippen LogP contribution is -2.67. The maximum absolute atomic E-state index is 14.7. The number of ether oxygens (including phenoxy) is 3. The fourth-order valence-corrected chi connectivity index (χ4v) is 8.45. The van der Waals surface area contributed by atoms with Gasteiger partial charge in [-0.05, 0) is 104 Å². The molecule has 3 aliphatic carbocycles. The first-order valence-electron chi connectivity index (χ1n) is 16.9. The van der Waals surface area contributed by atoms with Gasteiger partial charge in [-0.3, -0.25) is 0 Å². The van der Waals surface area contributed by atoms with Gasteiger partial charge in [-0.1, -0.05) is 13.0 Å². The lowest BCUT2D eigenvalue weighted by molar-refractivity contribution is -0.457. The molecule has 5 unspecified atom stereocenters. The van der Waals surface area contributed by atoms with Crippen LogP contribution in [0, 0.1) is 28.9 Å². The van der Waals surface area contributed by atoms with Crippen LogP contribution >= 0.6 is 0 Å². The first-order valence-corrected chi connectivity index (χ1v) is 16.9. The summed E-state index contributed by atoms with van der Waals surface area (Å²) in [5.41, 5.74) is -4.56. The molecule has 286 valence electrons. The van der Waals surface area contributed by atoms with E-state index in [4.69, 9.17) is 14.6 Å². The zero-order valence-corrected chi connectivity index (χ0v) is 27.7. The molecule has 16 heteroatoms. The van der Waals surface area contributed by atoms with E-state index in [1.807, 2.05) is 19.1 Å². The summed E-state index contributed by atoms with van der Waals surface area (Å²) in [5, 5.41) is 11.7. The number of aliphatic hydroxyl groups is 1. The molecule has 0 bridgehead atoms. The van der Waals surface area contributed by atoms with Crippen LogP contribution in [0.5, 0.6) is 11.5 Å². The Morgan fingerprint density at radius 3 is 2.12 bits per heavy atom. The Morgan fingerprint density at radius 2 is 1.49 bits per heavy atom. The van der Waals surface area contributed by atoms with E-state index in [1.165, 1.54) is 0 Å². The van der Waals surface area contributed by atoms with E-state index in [-0.39, 0.29) is 60.3 Å². The molecule has 0 aromatic heterocycles. The quantitative estimate of drug-likeness (QED) is 0.158. The number of hydrogen-bond donors (Lipinski definition) is 2. The van der Waals surface area contributed by atoms with Gasteiger partial charge in [0, 0.05) is 37.5 Å². The summed E-state index contributed by atoms with van der Waals surface area (Å²) >= 11 is 0. The highest BCUT2D eigenvalue weighted by molar-refractivity contribution is 5.43. The Hall–Kier alpha value is -2.69. The Bertz CT molecular complexity index is 1450. The highest BCUT2D eigenvalue weighted by atomic mass is 19.4. The SMILES string of the molecule is CC12CCC3c4ccc(Oc5cc(F)c(CNCCCO)c(F)c5)cc4CCC3C1CCC2OCCCOC(C(F)(F)F)(C(F)(F)F)C(F)(F)F. The Labute approximate surface area is 287 Å². The molecule has 0 aliphatic heterocycles. The summed E-state index contributed by atoms with van der Waals surface area (Å²) in [6.45, 7) is 0.546. The normalized spacial score (nSPS) is 25.4. The molecule has 0 amide bonds. The van der Waals surface area contributed by atoms with Crippen LogP contribution in [0.3, 0.4) is 0 Å². The molecule has 2 aromatic rings. The van der Waals surface area contributed by atoms with Crippen LogP contribution in [0.2, 0.25) is 0 Å². The predicted octanol–water partition coefficient (Wildman–Crippen LogP) is 9.30. The van der Waals surface area contributed by atoms with Crippen LogP contribution in [0.15, 0.2) is 30.3 Å². The van der Waals surface area contributed by atoms with Gasteiger partial charge in [0.1, 0.15) is 23.1 Å². The third-order valence-corrected chi connectivity index (χ3v) is 10.9. The molecule has 0 spiro atoms. The van der Waals surface area contributed by atoms with Gasteiger partial charge in [0.2, 0.25) is 0 Å². The number of halogens is 11. The van der Waals surface area contributed by atoms with Gasteiger partial charge >= 0.3 is 24.1 Å². The number of hydrogen-bond acceptors (Lipinski definition) is 5. The van der Waals surface area contributed by atoms with E-state index >= 15 is 0 Å². The van der Waals surface area contributed by atoms with Crippen molar-refractivity contribution in [3.05, 3.63) is 58.7 Å². The number of rotatable bonds is 13. The van der Waals surface area contributed by atoms with Crippen molar-refractivity contribution < 1.29 is 67.6 Å². The number of aryl methyl sites for hydroxylation is 1. The number of aliphatic hydroxyl groups excluding tert-OH is 1. The monoisotopic (exact) mass is 747 g/mol. The van der Waals surface area contributed by atoms with Crippen LogP contribution in [0.25, 0.3) is 0 Å². The summed E-state index contributed by atoms with van der Waals surface area (Å²) in [6.07, 6.45) is -16.4. The number of benzene rings is 2. The van der Waals surface area contributed by atoms with Crippen LogP contribution < -0.4 is 10.1 Å². The first-order chi connectivity index (χ1) is 23.8. The van der Waals surface area contributed by atoms with Gasteiger partial charge < -0.3 is 24.6 Å². The maximum atomic E-state index is 14.7. The van der Waals surface area contributed by atoms with Gasteiger partial charge in [0.25, 0.3) is 0 Å². The fraction of sp³-hybridized carbons (Fsp3) is 0.657. The average molecular weight is 748 g/mol. The van der Waals surface area contributed by atoms with Crippen molar-refractivity contribution in [1.29, 1.82) is 0 Å². The molecule has 0 heterocycles. The van der Waals surface area contributed by atoms with E-state index < -0.39 is 48.8 Å². The van der Waals surface area contributed by atoms with Crippen LogP contribution in [0.4, 0.5) is 48.3 Å². The number of nitrogens with one attached hydrogen (secondary N) is 1. The molecule has 2 saturated carbocycles. The predicted molar refractivity (Wildman–Crippen MR) is 162 cm³/mol. The smallest absolute Gasteiger partial charge is 0.435 e. The molecule has 2 fully saturated rings. The zero-order valence-electron chi connectivity index (χ0n) is 27.7. The molecule has 5 rings (SSSR count). The highest BCUT2D eigenvalue weighted by Gasteiger charge is 2.85. The lowest BCUT2D eigenvalue weighted by Gasteiger charge is -2.50. The summed E-state index contributed by atoms with van der Waals surface area (Å²) in [6, 6.07) is 7.82. The Kier molecular flexibility index (Phi) is 11.6. The standard InChI is InChI=1S/C35H40F11NO4/c1-31-11-10-24-23-7-5-21(51-22-17-28(36)26(29(37)18-22)19-47-12-2-13-48)16-20(23)4-6-25(24)27(31)8-9-30(31)49-14-3-15-50-32(33(38,39)40,34(41,42)43)35(44,45)46/h5,7,16-18,24-25,27,30,47-48H,2-4,6,8-15,19H2,1H3. The summed E-state index contributed by atoms with van der Waals surface area (Å²) < 4.78 is 163. The van der Waals surface area contributed by atoms with Crippen LogP contribution in [0.1, 0.15) is 74.5 Å². The minimum Gasteiger partial charge on any atom is -0.457 e. The molecular formula is C35H40F11NO4. The third kappa shape index (κ3) is 7.70. The van der Waals surface area contributed by atoms with Gasteiger partial charge in [-0.15, -0.1) is 0 Å². The van der Waals surface area contributed by atoms with Gasteiger partial charge in [-0.25, -0.2) is 8.78 Å². The minimum absolute atomic E-state index is 0.00937. The van der Waals surface area contributed by atoms with E-state index in [9.17, 15) is 48.3 Å². The van der Waals surface area contributed by atoms with Crippen molar-refractivity contribution in [2.75, 3.05) is 26.4 Å². The van der Waals surface area contributed by atoms with E-state index in [0.29, 0.717) is 31.6 Å². The Morgan fingerprint density at radius 1 is 0.824 bits per heavy atom. The van der Waals surface area contributed by atoms with Crippen molar-refractivity contribution in [2.45, 2.75) is 101 Å². The van der Waals surface area contributed by atoms with Crippen molar-refractivity contribution in [3.8, 4) is 11.5 Å². The molecule has 2 N–H and O–H groups in total. The van der Waals surface area contributed by atoms with E-state index in [1.54, 1.807) is 6.07 Å². The van der Waals surface area contributed by atoms with Crippen molar-refractivity contribution in [2.24, 2.45) is 17.3 Å². The number of fused-ring (bicyclic) bond motifs is 5. The molecule has 5 nitrogen and oxygen atoms in total. The third-order valence-electron chi connectivity index (χ3n) is 10.9. The second kappa shape index (κ2) is 15.0. The summed E-state index contributed by atoms with van der Waals surface area (Å²) in [4.78, 5) is 0. The van der Waals surface area contributed by atoms with Crippen molar-refractivity contribution >= 4 is 0 Å². The molecule has 2 aromatic carbocycles. The maximum Gasteiger partial charge on any atom is 0.435 e. The minimum atomic E-state index is -6.77. The van der Waals surface area contributed by atoms with Gasteiger partial charge in [0.15, 0.2) is 0 Å². The summed E-state index contributed by atoms with van der Waals surface area (Å²) in [7, 11) is 0. The Balaban J connectivity index is 1.18. The molecule has 0 radical (unpaired) electrons. The van der Waals surface area contributed by atoms with E-state index in [2.05, 4.69) is 10.1 Å². The second-order valence-corrected chi connectivity index (χ2v) is 13.9. The number of alkyl halides is 9. The largest absolute Gasteiger partial charge is 0.457 e. The highest BCUT2D eigenvalue weighted by Crippen LogP contribution is 2.62. The first kappa shape index (κ1) is 39.5.